The SMILES string of the molecule is CNc1ccc(C2=NNNN2)cc1. The number of nitrogens with one attached hydrogen (secondary N) is 4. The van der Waals surface area contributed by atoms with E-state index in [0.29, 0.717) is 0 Å². The molecule has 13 heavy (non-hydrogen) atoms. The number of hydrogen-bond donors (Lipinski definition) is 4. The Hall–Kier alpha value is -1.75. The van der Waals surface area contributed by atoms with Gasteiger partial charge >= 0.3 is 0 Å². The maximum Gasteiger partial charge on any atom is 0.170 e. The van der Waals surface area contributed by atoms with Crippen LogP contribution in [0, 0.1) is 0 Å². The van der Waals surface area contributed by atoms with Gasteiger partial charge in [-0.3, -0.25) is 5.43 Å². The van der Waals surface area contributed by atoms with Gasteiger partial charge in [-0.1, -0.05) is 0 Å². The van der Waals surface area contributed by atoms with E-state index in [9.17, 15) is 0 Å². The predicted molar refractivity (Wildman–Crippen MR) is 51.9 cm³/mol. The first kappa shape index (κ1) is 7.88. The van der Waals surface area contributed by atoms with Gasteiger partial charge in [-0.2, -0.15) is 0 Å². The predicted octanol–water partition coefficient (Wildman–Crippen LogP) is 0.00230. The van der Waals surface area contributed by atoms with Crippen molar-refractivity contribution < 1.29 is 0 Å². The molecule has 0 unspecified atom stereocenters. The Morgan fingerprint density at radius 1 is 1.23 bits per heavy atom. The van der Waals surface area contributed by atoms with Crippen LogP contribution in [0.4, 0.5) is 5.69 Å². The number of nitrogens with zero attached hydrogens (tertiary/aromatic N) is 1. The molecule has 1 aliphatic heterocycles. The number of amidine groups is 1. The number of benzene rings is 1. The van der Waals surface area contributed by atoms with Crippen molar-refractivity contribution in [3.8, 4) is 0 Å². The van der Waals surface area contributed by atoms with Crippen LogP contribution in [0.15, 0.2) is 29.4 Å². The molecule has 0 saturated heterocycles. The molecule has 0 radical (unpaired) electrons. The van der Waals surface area contributed by atoms with Gasteiger partial charge in [-0.15, -0.1) is 10.6 Å². The van der Waals surface area contributed by atoms with Crippen molar-refractivity contribution in [3.05, 3.63) is 29.8 Å². The molecular formula is C8H11N5. The third-order valence-electron chi connectivity index (χ3n) is 1.85. The van der Waals surface area contributed by atoms with Crippen LogP contribution in [0.25, 0.3) is 0 Å². The lowest BCUT2D eigenvalue weighted by atomic mass is 10.2. The second kappa shape index (κ2) is 3.32. The van der Waals surface area contributed by atoms with Gasteiger partial charge in [0.25, 0.3) is 0 Å². The molecule has 68 valence electrons. The molecule has 0 atom stereocenters. The first-order valence-corrected chi connectivity index (χ1v) is 4.02. The topological polar surface area (TPSA) is 60.5 Å². The zero-order valence-electron chi connectivity index (χ0n) is 7.26. The van der Waals surface area contributed by atoms with Crippen molar-refractivity contribution in [2.24, 2.45) is 5.10 Å². The zero-order valence-corrected chi connectivity index (χ0v) is 7.26. The quantitative estimate of drug-likeness (QED) is 0.513. The molecular weight excluding hydrogens is 166 g/mol. The normalized spacial score (nSPS) is 14.4. The highest BCUT2D eigenvalue weighted by Crippen LogP contribution is 2.08. The Morgan fingerprint density at radius 3 is 2.54 bits per heavy atom. The van der Waals surface area contributed by atoms with Crippen LogP contribution in [0.2, 0.25) is 0 Å². The van der Waals surface area contributed by atoms with Gasteiger partial charge in [0.2, 0.25) is 0 Å². The number of hydrogen-bond acceptors (Lipinski definition) is 5. The van der Waals surface area contributed by atoms with E-state index in [1.807, 2.05) is 31.3 Å². The molecule has 0 saturated carbocycles. The smallest absolute Gasteiger partial charge is 0.170 e. The van der Waals surface area contributed by atoms with Gasteiger partial charge in [0.1, 0.15) is 0 Å². The molecule has 2 rings (SSSR count). The van der Waals surface area contributed by atoms with Crippen LogP contribution in [0.5, 0.6) is 0 Å². The Labute approximate surface area is 76.2 Å². The Bertz CT molecular complexity index is 316. The fourth-order valence-corrected chi connectivity index (χ4v) is 1.13. The van der Waals surface area contributed by atoms with Crippen LogP contribution in [0.3, 0.4) is 0 Å². The fourth-order valence-electron chi connectivity index (χ4n) is 1.13. The lowest BCUT2D eigenvalue weighted by Crippen LogP contribution is -2.35. The molecule has 0 spiro atoms. The minimum absolute atomic E-state index is 0.794. The monoisotopic (exact) mass is 177 g/mol. The summed E-state index contributed by atoms with van der Waals surface area (Å²) in [7, 11) is 1.89. The molecule has 1 aromatic carbocycles. The van der Waals surface area contributed by atoms with Crippen molar-refractivity contribution in [1.29, 1.82) is 0 Å². The Balaban J connectivity index is 2.22. The van der Waals surface area contributed by atoms with Gasteiger partial charge in [0.15, 0.2) is 5.84 Å². The van der Waals surface area contributed by atoms with E-state index in [1.165, 1.54) is 0 Å². The molecule has 0 aromatic heterocycles. The Morgan fingerprint density at radius 2 is 2.00 bits per heavy atom. The maximum absolute atomic E-state index is 3.99. The lowest BCUT2D eigenvalue weighted by Gasteiger charge is -2.02. The standard InChI is InChI=1S/C8H11N5/c1-9-7-4-2-6(3-5-7)8-10-12-13-11-8/h2-5,9,12-13H,1H3,(H,10,11). The van der Waals surface area contributed by atoms with Crippen LogP contribution in [-0.4, -0.2) is 12.9 Å². The second-order valence-corrected chi connectivity index (χ2v) is 2.65. The highest BCUT2D eigenvalue weighted by Gasteiger charge is 2.06. The molecule has 0 amide bonds. The highest BCUT2D eigenvalue weighted by molar-refractivity contribution is 5.99. The summed E-state index contributed by atoms with van der Waals surface area (Å²) in [5.74, 6) is 0.794. The van der Waals surface area contributed by atoms with Gasteiger partial charge in [-0.25, -0.2) is 5.53 Å². The summed E-state index contributed by atoms with van der Waals surface area (Å²) < 4.78 is 0. The molecule has 1 aliphatic rings. The van der Waals surface area contributed by atoms with E-state index >= 15 is 0 Å². The molecule has 1 heterocycles. The molecule has 5 heteroatoms. The second-order valence-electron chi connectivity index (χ2n) is 2.65. The third-order valence-corrected chi connectivity index (χ3v) is 1.85. The molecule has 0 bridgehead atoms. The lowest BCUT2D eigenvalue weighted by molar-refractivity contribution is 0.577. The number of hydrazone groups is 1. The van der Waals surface area contributed by atoms with E-state index < -0.39 is 0 Å². The first-order valence-electron chi connectivity index (χ1n) is 4.02. The van der Waals surface area contributed by atoms with Crippen LogP contribution in [0.1, 0.15) is 5.56 Å². The minimum atomic E-state index is 0.794. The van der Waals surface area contributed by atoms with Gasteiger partial charge in [0, 0.05) is 18.3 Å². The summed E-state index contributed by atoms with van der Waals surface area (Å²) in [5, 5.41) is 7.04. The summed E-state index contributed by atoms with van der Waals surface area (Å²) in [6.07, 6.45) is 0. The van der Waals surface area contributed by atoms with Crippen molar-refractivity contribution in [2.45, 2.75) is 0 Å². The van der Waals surface area contributed by atoms with Gasteiger partial charge in [0.05, 0.1) is 0 Å². The average molecular weight is 177 g/mol. The summed E-state index contributed by atoms with van der Waals surface area (Å²) in [6.45, 7) is 0. The van der Waals surface area contributed by atoms with Crippen LogP contribution < -0.4 is 21.8 Å². The van der Waals surface area contributed by atoms with E-state index in [2.05, 4.69) is 26.9 Å². The minimum Gasteiger partial charge on any atom is -0.388 e. The third kappa shape index (κ3) is 1.54. The molecule has 4 N–H and O–H groups in total. The number of hydrazine groups is 2. The summed E-state index contributed by atoms with van der Waals surface area (Å²) >= 11 is 0. The molecule has 0 fully saturated rings. The van der Waals surface area contributed by atoms with Gasteiger partial charge in [-0.05, 0) is 24.3 Å². The van der Waals surface area contributed by atoms with Crippen molar-refractivity contribution in [1.82, 2.24) is 16.5 Å². The van der Waals surface area contributed by atoms with E-state index in [-0.39, 0.29) is 0 Å². The largest absolute Gasteiger partial charge is 0.388 e. The summed E-state index contributed by atoms with van der Waals surface area (Å²) in [6, 6.07) is 7.98. The van der Waals surface area contributed by atoms with E-state index in [0.717, 1.165) is 17.1 Å². The molecule has 0 aliphatic carbocycles. The Kier molecular flexibility index (Phi) is 2.01. The first-order chi connectivity index (χ1) is 6.40. The fraction of sp³-hybridized carbons (Fsp3) is 0.125. The van der Waals surface area contributed by atoms with Gasteiger partial charge < -0.3 is 5.32 Å². The van der Waals surface area contributed by atoms with Crippen molar-refractivity contribution in [3.63, 3.8) is 0 Å². The summed E-state index contributed by atoms with van der Waals surface area (Å²) in [4.78, 5) is 0. The highest BCUT2D eigenvalue weighted by atomic mass is 15.8. The number of rotatable bonds is 2. The maximum atomic E-state index is 3.99. The zero-order chi connectivity index (χ0) is 9.10. The van der Waals surface area contributed by atoms with Crippen LogP contribution in [-0.2, 0) is 0 Å². The molecule has 5 nitrogen and oxygen atoms in total. The summed E-state index contributed by atoms with van der Waals surface area (Å²) in [5.41, 5.74) is 10.3. The van der Waals surface area contributed by atoms with E-state index in [1.54, 1.807) is 0 Å². The number of anilines is 1. The van der Waals surface area contributed by atoms with Crippen LogP contribution >= 0.6 is 0 Å². The molecule has 1 aromatic rings. The van der Waals surface area contributed by atoms with Crippen molar-refractivity contribution >= 4 is 11.5 Å². The van der Waals surface area contributed by atoms with Crippen molar-refractivity contribution in [2.75, 3.05) is 12.4 Å². The van der Waals surface area contributed by atoms with E-state index in [4.69, 9.17) is 0 Å². The average Bonchev–Trinajstić information content (AvgIpc) is 2.71.